The second-order valence-corrected chi connectivity index (χ2v) is 5.38. The molecule has 0 spiro atoms. The zero-order valence-corrected chi connectivity index (χ0v) is 11.2. The van der Waals surface area contributed by atoms with Gasteiger partial charge in [-0.25, -0.2) is 0 Å². The number of nitrogens with one attached hydrogen (secondary N) is 1. The minimum Gasteiger partial charge on any atom is -0.490 e. The van der Waals surface area contributed by atoms with Crippen molar-refractivity contribution in [2.45, 2.75) is 32.2 Å². The number of benzene rings is 1. The SMILES string of the molecule is CC(C)(N)CCNc1ccc2c(c1)OCCCO2. The van der Waals surface area contributed by atoms with Gasteiger partial charge in [-0.1, -0.05) is 0 Å². The topological polar surface area (TPSA) is 56.5 Å². The van der Waals surface area contributed by atoms with E-state index in [0.717, 1.165) is 43.2 Å². The first kappa shape index (κ1) is 13.0. The third kappa shape index (κ3) is 3.81. The Morgan fingerprint density at radius 1 is 1.22 bits per heavy atom. The molecule has 1 aromatic carbocycles. The van der Waals surface area contributed by atoms with Gasteiger partial charge in [-0.3, -0.25) is 0 Å². The van der Waals surface area contributed by atoms with E-state index in [1.165, 1.54) is 0 Å². The highest BCUT2D eigenvalue weighted by Gasteiger charge is 2.12. The van der Waals surface area contributed by atoms with Crippen molar-refractivity contribution in [2.75, 3.05) is 25.1 Å². The number of rotatable bonds is 4. The molecular formula is C14H22N2O2. The monoisotopic (exact) mass is 250 g/mol. The van der Waals surface area contributed by atoms with Crippen LogP contribution in [0.5, 0.6) is 11.5 Å². The summed E-state index contributed by atoms with van der Waals surface area (Å²) < 4.78 is 11.2. The van der Waals surface area contributed by atoms with Crippen molar-refractivity contribution in [2.24, 2.45) is 5.73 Å². The standard InChI is InChI=1S/C14H22N2O2/c1-14(2,15)6-7-16-11-4-5-12-13(10-11)18-9-3-8-17-12/h4-5,10,16H,3,6-9,15H2,1-2H3. The highest BCUT2D eigenvalue weighted by molar-refractivity contribution is 5.54. The van der Waals surface area contributed by atoms with E-state index in [9.17, 15) is 0 Å². The minimum absolute atomic E-state index is 0.141. The van der Waals surface area contributed by atoms with Crippen molar-refractivity contribution in [3.05, 3.63) is 18.2 Å². The highest BCUT2D eigenvalue weighted by Crippen LogP contribution is 2.32. The number of anilines is 1. The van der Waals surface area contributed by atoms with E-state index >= 15 is 0 Å². The molecule has 3 N–H and O–H groups in total. The molecule has 4 heteroatoms. The number of nitrogens with two attached hydrogens (primary N) is 1. The summed E-state index contributed by atoms with van der Waals surface area (Å²) in [5.74, 6) is 1.65. The van der Waals surface area contributed by atoms with E-state index in [2.05, 4.69) is 5.32 Å². The van der Waals surface area contributed by atoms with E-state index in [1.807, 2.05) is 32.0 Å². The maximum absolute atomic E-state index is 5.95. The number of hydrogen-bond acceptors (Lipinski definition) is 4. The molecule has 1 heterocycles. The fourth-order valence-electron chi connectivity index (χ4n) is 1.80. The third-order valence-electron chi connectivity index (χ3n) is 2.85. The predicted octanol–water partition coefficient (Wildman–Crippen LogP) is 2.39. The van der Waals surface area contributed by atoms with Crippen LogP contribution in [0.3, 0.4) is 0 Å². The van der Waals surface area contributed by atoms with Crippen LogP contribution in [0.25, 0.3) is 0 Å². The van der Waals surface area contributed by atoms with Crippen molar-refractivity contribution < 1.29 is 9.47 Å². The Hall–Kier alpha value is -1.42. The summed E-state index contributed by atoms with van der Waals surface area (Å²) in [6, 6.07) is 5.96. The molecule has 18 heavy (non-hydrogen) atoms. The van der Waals surface area contributed by atoms with E-state index in [4.69, 9.17) is 15.2 Å². The highest BCUT2D eigenvalue weighted by atomic mass is 16.5. The van der Waals surface area contributed by atoms with Crippen LogP contribution in [-0.4, -0.2) is 25.3 Å². The molecule has 2 rings (SSSR count). The van der Waals surface area contributed by atoms with Gasteiger partial charge in [0.25, 0.3) is 0 Å². The molecule has 4 nitrogen and oxygen atoms in total. The lowest BCUT2D eigenvalue weighted by molar-refractivity contribution is 0.297. The minimum atomic E-state index is -0.141. The van der Waals surface area contributed by atoms with Crippen LogP contribution in [0.1, 0.15) is 26.7 Å². The van der Waals surface area contributed by atoms with Crippen LogP contribution in [0, 0.1) is 0 Å². The molecule has 0 atom stereocenters. The molecule has 0 amide bonds. The molecule has 0 saturated heterocycles. The van der Waals surface area contributed by atoms with Gasteiger partial charge in [-0.2, -0.15) is 0 Å². The lowest BCUT2D eigenvalue weighted by atomic mass is 10.0. The molecule has 0 fully saturated rings. The van der Waals surface area contributed by atoms with E-state index < -0.39 is 0 Å². The van der Waals surface area contributed by atoms with Gasteiger partial charge in [0.2, 0.25) is 0 Å². The summed E-state index contributed by atoms with van der Waals surface area (Å²) in [5.41, 5.74) is 6.85. The second-order valence-electron chi connectivity index (χ2n) is 5.38. The van der Waals surface area contributed by atoms with Crippen molar-refractivity contribution >= 4 is 5.69 Å². The van der Waals surface area contributed by atoms with Crippen molar-refractivity contribution in [3.8, 4) is 11.5 Å². The Bertz CT molecular complexity index is 399. The predicted molar refractivity (Wildman–Crippen MR) is 73.4 cm³/mol. The van der Waals surface area contributed by atoms with Crippen LogP contribution in [0.2, 0.25) is 0 Å². The first-order valence-electron chi connectivity index (χ1n) is 6.47. The normalized spacial score (nSPS) is 15.1. The van der Waals surface area contributed by atoms with Gasteiger partial charge in [0.1, 0.15) is 0 Å². The lowest BCUT2D eigenvalue weighted by Gasteiger charge is -2.19. The summed E-state index contributed by atoms with van der Waals surface area (Å²) in [6.45, 7) is 6.35. The van der Waals surface area contributed by atoms with Gasteiger partial charge in [0.15, 0.2) is 11.5 Å². The van der Waals surface area contributed by atoms with Gasteiger partial charge >= 0.3 is 0 Å². The third-order valence-corrected chi connectivity index (χ3v) is 2.85. The van der Waals surface area contributed by atoms with Gasteiger partial charge in [0.05, 0.1) is 13.2 Å². The van der Waals surface area contributed by atoms with Crippen LogP contribution in [0.4, 0.5) is 5.69 Å². The molecule has 0 bridgehead atoms. The van der Waals surface area contributed by atoms with Crippen molar-refractivity contribution in [3.63, 3.8) is 0 Å². The van der Waals surface area contributed by atoms with Gasteiger partial charge < -0.3 is 20.5 Å². The zero-order valence-electron chi connectivity index (χ0n) is 11.2. The van der Waals surface area contributed by atoms with Crippen LogP contribution < -0.4 is 20.5 Å². The number of fused-ring (bicyclic) bond motifs is 1. The van der Waals surface area contributed by atoms with Crippen LogP contribution >= 0.6 is 0 Å². The molecule has 1 aromatic rings. The summed E-state index contributed by atoms with van der Waals surface area (Å²) in [7, 11) is 0. The number of hydrogen-bond donors (Lipinski definition) is 2. The van der Waals surface area contributed by atoms with E-state index in [0.29, 0.717) is 6.61 Å². The van der Waals surface area contributed by atoms with Crippen molar-refractivity contribution in [1.82, 2.24) is 0 Å². The Kier molecular flexibility index (Phi) is 3.97. The average Bonchev–Trinajstić information content (AvgIpc) is 2.51. The maximum atomic E-state index is 5.95. The van der Waals surface area contributed by atoms with Gasteiger partial charge in [-0.05, 0) is 32.4 Å². The molecule has 0 aliphatic carbocycles. The Balaban J connectivity index is 1.96. The Morgan fingerprint density at radius 2 is 1.94 bits per heavy atom. The molecule has 0 radical (unpaired) electrons. The molecule has 100 valence electrons. The van der Waals surface area contributed by atoms with Crippen molar-refractivity contribution in [1.29, 1.82) is 0 Å². The largest absolute Gasteiger partial charge is 0.490 e. The fraction of sp³-hybridized carbons (Fsp3) is 0.571. The molecule has 1 aliphatic heterocycles. The summed E-state index contributed by atoms with van der Waals surface area (Å²) >= 11 is 0. The van der Waals surface area contributed by atoms with E-state index in [1.54, 1.807) is 0 Å². The maximum Gasteiger partial charge on any atom is 0.163 e. The van der Waals surface area contributed by atoms with E-state index in [-0.39, 0.29) is 5.54 Å². The lowest BCUT2D eigenvalue weighted by Crippen LogP contribution is -2.34. The second kappa shape index (κ2) is 5.48. The molecular weight excluding hydrogens is 228 g/mol. The molecule has 1 aliphatic rings. The van der Waals surface area contributed by atoms with Gasteiger partial charge in [0, 0.05) is 30.3 Å². The fourth-order valence-corrected chi connectivity index (χ4v) is 1.80. The Labute approximate surface area is 108 Å². The van der Waals surface area contributed by atoms with Crippen LogP contribution in [0.15, 0.2) is 18.2 Å². The summed E-state index contributed by atoms with van der Waals surface area (Å²) in [5, 5.41) is 3.36. The summed E-state index contributed by atoms with van der Waals surface area (Å²) in [4.78, 5) is 0. The number of ether oxygens (including phenoxy) is 2. The smallest absolute Gasteiger partial charge is 0.163 e. The first-order valence-corrected chi connectivity index (χ1v) is 6.47. The quantitative estimate of drug-likeness (QED) is 0.861. The average molecular weight is 250 g/mol. The molecule has 0 saturated carbocycles. The molecule has 0 unspecified atom stereocenters. The first-order chi connectivity index (χ1) is 8.54. The van der Waals surface area contributed by atoms with Crippen LogP contribution in [-0.2, 0) is 0 Å². The zero-order chi connectivity index (χ0) is 13.0. The summed E-state index contributed by atoms with van der Waals surface area (Å²) in [6.07, 6.45) is 1.85. The van der Waals surface area contributed by atoms with Gasteiger partial charge in [-0.15, -0.1) is 0 Å². The molecule has 0 aromatic heterocycles. The Morgan fingerprint density at radius 3 is 2.67 bits per heavy atom.